The van der Waals surface area contributed by atoms with Gasteiger partial charge in [-0.3, -0.25) is 0 Å². The zero-order chi connectivity index (χ0) is 12.3. The third-order valence-corrected chi connectivity index (χ3v) is 3.45. The lowest BCUT2D eigenvalue weighted by Gasteiger charge is -2.29. The molecule has 1 aliphatic heterocycles. The quantitative estimate of drug-likeness (QED) is 0.833. The van der Waals surface area contributed by atoms with Crippen LogP contribution >= 0.6 is 0 Å². The molecular formula is C13H24N4. The van der Waals surface area contributed by atoms with Crippen LogP contribution in [-0.2, 0) is 0 Å². The fourth-order valence-corrected chi connectivity index (χ4v) is 2.26. The van der Waals surface area contributed by atoms with Crippen molar-refractivity contribution >= 4 is 0 Å². The molecule has 4 heteroatoms. The van der Waals surface area contributed by atoms with Crippen LogP contribution in [-0.4, -0.2) is 47.6 Å². The molecule has 96 valence electrons. The van der Waals surface area contributed by atoms with E-state index in [2.05, 4.69) is 41.0 Å². The first-order chi connectivity index (χ1) is 8.16. The van der Waals surface area contributed by atoms with E-state index in [1.807, 2.05) is 6.20 Å². The Balaban J connectivity index is 1.91. The maximum absolute atomic E-state index is 4.51. The average Bonchev–Trinajstić information content (AvgIpc) is 2.79. The summed E-state index contributed by atoms with van der Waals surface area (Å²) in [6.45, 7) is 12.3. The van der Waals surface area contributed by atoms with Gasteiger partial charge >= 0.3 is 0 Å². The van der Waals surface area contributed by atoms with Gasteiger partial charge in [0.15, 0.2) is 0 Å². The molecule has 1 atom stereocenters. The van der Waals surface area contributed by atoms with Crippen molar-refractivity contribution in [1.29, 1.82) is 0 Å². The Kier molecular flexibility index (Phi) is 4.18. The molecule has 0 saturated carbocycles. The number of nitrogens with zero attached hydrogens (tertiary/aromatic N) is 2. The molecule has 1 aromatic heterocycles. The van der Waals surface area contributed by atoms with Crippen LogP contribution in [0.4, 0.5) is 0 Å². The van der Waals surface area contributed by atoms with E-state index in [1.54, 1.807) is 0 Å². The van der Waals surface area contributed by atoms with Gasteiger partial charge < -0.3 is 15.2 Å². The van der Waals surface area contributed by atoms with Crippen LogP contribution in [0.25, 0.3) is 0 Å². The predicted octanol–water partition coefficient (Wildman–Crippen LogP) is 1.54. The van der Waals surface area contributed by atoms with Crippen LogP contribution in [0.2, 0.25) is 0 Å². The van der Waals surface area contributed by atoms with Gasteiger partial charge in [0.1, 0.15) is 5.82 Å². The molecule has 0 radical (unpaired) electrons. The number of nitrogens with one attached hydrogen (secondary N) is 2. The molecule has 1 aliphatic rings. The first-order valence-corrected chi connectivity index (χ1v) is 6.64. The van der Waals surface area contributed by atoms with Crippen molar-refractivity contribution in [3.8, 4) is 0 Å². The molecular weight excluding hydrogens is 212 g/mol. The van der Waals surface area contributed by atoms with Gasteiger partial charge in [0, 0.05) is 50.5 Å². The van der Waals surface area contributed by atoms with E-state index in [0.717, 1.165) is 38.5 Å². The van der Waals surface area contributed by atoms with E-state index in [-0.39, 0.29) is 0 Å². The number of H-pyrrole nitrogens is 1. The number of piperazine rings is 1. The van der Waals surface area contributed by atoms with Gasteiger partial charge in [0.25, 0.3) is 0 Å². The largest absolute Gasteiger partial charge is 0.345 e. The zero-order valence-corrected chi connectivity index (χ0v) is 11.2. The van der Waals surface area contributed by atoms with Crippen molar-refractivity contribution in [3.05, 3.63) is 17.7 Å². The highest BCUT2D eigenvalue weighted by Crippen LogP contribution is 2.17. The second-order valence-electron chi connectivity index (χ2n) is 5.33. The first-order valence-electron chi connectivity index (χ1n) is 6.64. The van der Waals surface area contributed by atoms with Gasteiger partial charge in [-0.1, -0.05) is 20.8 Å². The van der Waals surface area contributed by atoms with Crippen LogP contribution in [0.1, 0.15) is 44.1 Å². The summed E-state index contributed by atoms with van der Waals surface area (Å²) >= 11 is 0. The molecule has 0 spiro atoms. The maximum atomic E-state index is 4.51. The standard InChI is InChI=1S/C13H24N4/c1-10(2)12-8-15-13(16-12)11(3)9-17-6-4-14-5-7-17/h8,10-11,14H,4-7,9H2,1-3H3,(H,15,16). The zero-order valence-electron chi connectivity index (χ0n) is 11.2. The van der Waals surface area contributed by atoms with Crippen molar-refractivity contribution < 1.29 is 0 Å². The SMILES string of the molecule is CC(C)c1cnc(C(C)CN2CCNCC2)[nH]1. The van der Waals surface area contributed by atoms with Crippen molar-refractivity contribution in [2.75, 3.05) is 32.7 Å². The molecule has 1 fully saturated rings. The lowest BCUT2D eigenvalue weighted by Crippen LogP contribution is -2.44. The second-order valence-corrected chi connectivity index (χ2v) is 5.33. The average molecular weight is 236 g/mol. The van der Waals surface area contributed by atoms with Gasteiger partial charge in [-0.05, 0) is 5.92 Å². The Morgan fingerprint density at radius 2 is 2.00 bits per heavy atom. The number of hydrogen-bond donors (Lipinski definition) is 2. The Labute approximate surface area is 104 Å². The molecule has 0 aromatic carbocycles. The molecule has 2 heterocycles. The Morgan fingerprint density at radius 1 is 1.29 bits per heavy atom. The summed E-state index contributed by atoms with van der Waals surface area (Å²) < 4.78 is 0. The van der Waals surface area contributed by atoms with Crippen LogP contribution in [0.5, 0.6) is 0 Å². The molecule has 1 saturated heterocycles. The number of aromatic amines is 1. The smallest absolute Gasteiger partial charge is 0.110 e. The van der Waals surface area contributed by atoms with Gasteiger partial charge in [0.05, 0.1) is 0 Å². The molecule has 1 unspecified atom stereocenters. The minimum Gasteiger partial charge on any atom is -0.345 e. The molecule has 4 nitrogen and oxygen atoms in total. The van der Waals surface area contributed by atoms with Crippen molar-refractivity contribution in [1.82, 2.24) is 20.2 Å². The van der Waals surface area contributed by atoms with Crippen LogP contribution in [0.3, 0.4) is 0 Å². The minimum atomic E-state index is 0.487. The third kappa shape index (κ3) is 3.30. The van der Waals surface area contributed by atoms with E-state index in [9.17, 15) is 0 Å². The van der Waals surface area contributed by atoms with Gasteiger partial charge in [-0.15, -0.1) is 0 Å². The third-order valence-electron chi connectivity index (χ3n) is 3.45. The highest BCUT2D eigenvalue weighted by atomic mass is 15.2. The highest BCUT2D eigenvalue weighted by Gasteiger charge is 2.16. The number of imidazole rings is 1. The van der Waals surface area contributed by atoms with E-state index in [1.165, 1.54) is 5.69 Å². The topological polar surface area (TPSA) is 44.0 Å². The van der Waals surface area contributed by atoms with Crippen molar-refractivity contribution in [2.45, 2.75) is 32.6 Å². The Hall–Kier alpha value is -0.870. The molecule has 0 aliphatic carbocycles. The van der Waals surface area contributed by atoms with E-state index in [4.69, 9.17) is 0 Å². The minimum absolute atomic E-state index is 0.487. The fraction of sp³-hybridized carbons (Fsp3) is 0.769. The van der Waals surface area contributed by atoms with Gasteiger partial charge in [-0.2, -0.15) is 0 Å². The highest BCUT2D eigenvalue weighted by molar-refractivity contribution is 5.08. The van der Waals surface area contributed by atoms with Gasteiger partial charge in [-0.25, -0.2) is 4.98 Å². The summed E-state index contributed by atoms with van der Waals surface area (Å²) in [6, 6.07) is 0. The lowest BCUT2D eigenvalue weighted by molar-refractivity contribution is 0.228. The van der Waals surface area contributed by atoms with Crippen LogP contribution in [0.15, 0.2) is 6.20 Å². The molecule has 17 heavy (non-hydrogen) atoms. The molecule has 0 bridgehead atoms. The summed E-state index contributed by atoms with van der Waals surface area (Å²) in [5.74, 6) is 2.15. The maximum Gasteiger partial charge on any atom is 0.110 e. The first kappa shape index (κ1) is 12.6. The summed E-state index contributed by atoms with van der Waals surface area (Å²) in [4.78, 5) is 10.5. The fourth-order valence-electron chi connectivity index (χ4n) is 2.26. The summed E-state index contributed by atoms with van der Waals surface area (Å²) in [7, 11) is 0. The second kappa shape index (κ2) is 5.65. The molecule has 2 rings (SSSR count). The lowest BCUT2D eigenvalue weighted by atomic mass is 10.1. The monoisotopic (exact) mass is 236 g/mol. The summed E-state index contributed by atoms with van der Waals surface area (Å²) in [5, 5.41) is 3.38. The molecule has 0 amide bonds. The predicted molar refractivity (Wildman–Crippen MR) is 70.4 cm³/mol. The molecule has 1 aromatic rings. The number of hydrogen-bond acceptors (Lipinski definition) is 3. The van der Waals surface area contributed by atoms with E-state index < -0.39 is 0 Å². The Morgan fingerprint density at radius 3 is 2.59 bits per heavy atom. The van der Waals surface area contributed by atoms with E-state index >= 15 is 0 Å². The van der Waals surface area contributed by atoms with E-state index in [0.29, 0.717) is 11.8 Å². The van der Waals surface area contributed by atoms with Crippen molar-refractivity contribution in [3.63, 3.8) is 0 Å². The normalized spacial score (nSPS) is 19.8. The van der Waals surface area contributed by atoms with Gasteiger partial charge in [0.2, 0.25) is 0 Å². The number of aromatic nitrogens is 2. The summed E-state index contributed by atoms with van der Waals surface area (Å²) in [5.41, 5.74) is 1.24. The number of rotatable bonds is 4. The van der Waals surface area contributed by atoms with Crippen molar-refractivity contribution in [2.24, 2.45) is 0 Å². The van der Waals surface area contributed by atoms with Crippen LogP contribution in [0, 0.1) is 0 Å². The summed E-state index contributed by atoms with van der Waals surface area (Å²) in [6.07, 6.45) is 1.98. The molecule has 2 N–H and O–H groups in total. The Bertz CT molecular complexity index is 339. The van der Waals surface area contributed by atoms with Crippen LogP contribution < -0.4 is 5.32 Å².